The van der Waals surface area contributed by atoms with Crippen LogP contribution < -0.4 is 11.1 Å². The zero-order valence-electron chi connectivity index (χ0n) is 9.26. The van der Waals surface area contributed by atoms with Gasteiger partial charge in [0.25, 0.3) is 0 Å². The van der Waals surface area contributed by atoms with Gasteiger partial charge in [-0.1, -0.05) is 6.07 Å². The molecule has 2 rings (SSSR count). The number of anilines is 1. The van der Waals surface area contributed by atoms with Crippen LogP contribution in [0.3, 0.4) is 0 Å². The van der Waals surface area contributed by atoms with Gasteiger partial charge in [-0.2, -0.15) is 0 Å². The minimum Gasteiger partial charge on any atom is -0.370 e. The first kappa shape index (κ1) is 10.9. The highest BCUT2D eigenvalue weighted by atomic mass is 15.2. The highest BCUT2D eigenvalue weighted by Crippen LogP contribution is 2.04. The predicted molar refractivity (Wildman–Crippen MR) is 65.4 cm³/mol. The van der Waals surface area contributed by atoms with Gasteiger partial charge in [0.1, 0.15) is 5.82 Å². The molecular weight excluding hydrogens is 202 g/mol. The lowest BCUT2D eigenvalue weighted by atomic mass is 10.2. The van der Waals surface area contributed by atoms with Crippen molar-refractivity contribution in [2.45, 2.75) is 6.42 Å². The highest BCUT2D eigenvalue weighted by molar-refractivity contribution is 5.91. The van der Waals surface area contributed by atoms with Gasteiger partial charge in [0.05, 0.1) is 6.54 Å². The maximum absolute atomic E-state index is 5.73. The number of pyridine rings is 1. The first-order valence-corrected chi connectivity index (χ1v) is 5.55. The molecule has 0 aromatic carbocycles. The van der Waals surface area contributed by atoms with Gasteiger partial charge in [-0.05, 0) is 31.6 Å². The Bertz CT molecular complexity index is 345. The zero-order chi connectivity index (χ0) is 11.2. The van der Waals surface area contributed by atoms with Crippen LogP contribution in [0.1, 0.15) is 6.42 Å². The number of likely N-dealkylation sites (tertiary alicyclic amines) is 1. The molecule has 16 heavy (non-hydrogen) atoms. The number of nitrogens with one attached hydrogen (secondary N) is 1. The summed E-state index contributed by atoms with van der Waals surface area (Å²) in [7, 11) is 0. The van der Waals surface area contributed by atoms with Gasteiger partial charge in [-0.15, -0.1) is 0 Å². The molecule has 86 valence electrons. The van der Waals surface area contributed by atoms with Crippen molar-refractivity contribution in [1.29, 1.82) is 0 Å². The Kier molecular flexibility index (Phi) is 3.71. The summed E-state index contributed by atoms with van der Waals surface area (Å²) in [6, 6.07) is 5.63. The van der Waals surface area contributed by atoms with Crippen molar-refractivity contribution in [3.8, 4) is 0 Å². The van der Waals surface area contributed by atoms with Crippen molar-refractivity contribution in [2.24, 2.45) is 10.7 Å². The minimum absolute atomic E-state index is 0.430. The molecule has 1 aliphatic heterocycles. The third-order valence-corrected chi connectivity index (χ3v) is 2.57. The molecule has 1 aliphatic rings. The second-order valence-electron chi connectivity index (χ2n) is 3.80. The van der Waals surface area contributed by atoms with Crippen LogP contribution in [-0.2, 0) is 0 Å². The second-order valence-corrected chi connectivity index (χ2v) is 3.80. The fraction of sp³-hybridized carbons (Fsp3) is 0.455. The summed E-state index contributed by atoms with van der Waals surface area (Å²) < 4.78 is 0. The van der Waals surface area contributed by atoms with Crippen LogP contribution in [0.5, 0.6) is 0 Å². The molecule has 0 spiro atoms. The van der Waals surface area contributed by atoms with Crippen LogP contribution in [0.15, 0.2) is 29.4 Å². The van der Waals surface area contributed by atoms with Crippen LogP contribution in [0, 0.1) is 0 Å². The molecule has 0 unspecified atom stereocenters. The van der Waals surface area contributed by atoms with E-state index in [4.69, 9.17) is 5.73 Å². The number of hydrogen-bond donors (Lipinski definition) is 2. The van der Waals surface area contributed by atoms with E-state index in [2.05, 4.69) is 20.2 Å². The summed E-state index contributed by atoms with van der Waals surface area (Å²) in [6.07, 6.45) is 3.03. The quantitative estimate of drug-likeness (QED) is 0.572. The molecule has 5 nitrogen and oxygen atoms in total. The van der Waals surface area contributed by atoms with E-state index < -0.39 is 0 Å². The molecular formula is C11H17N5. The molecule has 1 saturated heterocycles. The summed E-state index contributed by atoms with van der Waals surface area (Å²) >= 11 is 0. The number of aromatic nitrogens is 1. The first-order valence-electron chi connectivity index (χ1n) is 5.55. The normalized spacial score (nSPS) is 16.9. The molecule has 2 heterocycles. The van der Waals surface area contributed by atoms with Gasteiger partial charge >= 0.3 is 0 Å². The Labute approximate surface area is 95.4 Å². The van der Waals surface area contributed by atoms with E-state index in [0.29, 0.717) is 5.96 Å². The second kappa shape index (κ2) is 5.46. The summed E-state index contributed by atoms with van der Waals surface area (Å²) in [5, 5.41) is 2.95. The topological polar surface area (TPSA) is 66.5 Å². The van der Waals surface area contributed by atoms with Crippen LogP contribution in [0.25, 0.3) is 0 Å². The van der Waals surface area contributed by atoms with Gasteiger partial charge in [0, 0.05) is 12.7 Å². The van der Waals surface area contributed by atoms with Crippen LogP contribution in [0.4, 0.5) is 5.82 Å². The largest absolute Gasteiger partial charge is 0.370 e. The van der Waals surface area contributed by atoms with E-state index in [1.807, 2.05) is 18.2 Å². The fourth-order valence-corrected chi connectivity index (χ4v) is 1.52. The number of aliphatic imine (C=N–C) groups is 1. The number of nitrogens with two attached hydrogens (primary N) is 1. The number of hydrogen-bond acceptors (Lipinski definition) is 3. The molecule has 0 saturated carbocycles. The molecule has 0 amide bonds. The summed E-state index contributed by atoms with van der Waals surface area (Å²) in [4.78, 5) is 10.7. The lowest BCUT2D eigenvalue weighted by molar-refractivity contribution is 0.187. The molecule has 0 aliphatic carbocycles. The van der Waals surface area contributed by atoms with Crippen molar-refractivity contribution in [3.05, 3.63) is 24.4 Å². The van der Waals surface area contributed by atoms with E-state index in [-0.39, 0.29) is 0 Å². The van der Waals surface area contributed by atoms with Gasteiger partial charge in [0.15, 0.2) is 5.96 Å². The Morgan fingerprint density at radius 1 is 1.50 bits per heavy atom. The van der Waals surface area contributed by atoms with Gasteiger partial charge in [-0.25, -0.2) is 4.98 Å². The lowest BCUT2D eigenvalue weighted by Crippen LogP contribution is -2.39. The highest BCUT2D eigenvalue weighted by Gasteiger charge is 2.11. The van der Waals surface area contributed by atoms with Crippen LogP contribution in [-0.4, -0.2) is 42.0 Å². The monoisotopic (exact) mass is 219 g/mol. The van der Waals surface area contributed by atoms with E-state index in [1.165, 1.54) is 19.5 Å². The lowest BCUT2D eigenvalue weighted by Gasteiger charge is -2.29. The van der Waals surface area contributed by atoms with Crippen molar-refractivity contribution in [2.75, 3.05) is 31.5 Å². The van der Waals surface area contributed by atoms with Gasteiger partial charge < -0.3 is 16.0 Å². The SMILES string of the molecule is NC(=NCCN1CCC1)Nc1ccccn1. The summed E-state index contributed by atoms with van der Waals surface area (Å²) in [5.41, 5.74) is 5.73. The van der Waals surface area contributed by atoms with E-state index in [1.54, 1.807) is 6.20 Å². The Hall–Kier alpha value is -1.62. The molecule has 3 N–H and O–H groups in total. The molecule has 0 bridgehead atoms. The van der Waals surface area contributed by atoms with Crippen molar-refractivity contribution < 1.29 is 0 Å². The number of rotatable bonds is 4. The Balaban J connectivity index is 1.73. The van der Waals surface area contributed by atoms with Crippen LogP contribution >= 0.6 is 0 Å². The number of nitrogens with zero attached hydrogens (tertiary/aromatic N) is 3. The van der Waals surface area contributed by atoms with E-state index in [0.717, 1.165) is 18.9 Å². The van der Waals surface area contributed by atoms with Crippen molar-refractivity contribution in [3.63, 3.8) is 0 Å². The number of guanidine groups is 1. The Morgan fingerprint density at radius 2 is 2.38 bits per heavy atom. The Morgan fingerprint density at radius 3 is 3.00 bits per heavy atom. The molecule has 5 heteroatoms. The van der Waals surface area contributed by atoms with Crippen molar-refractivity contribution >= 4 is 11.8 Å². The zero-order valence-corrected chi connectivity index (χ0v) is 9.26. The molecule has 0 atom stereocenters. The maximum Gasteiger partial charge on any atom is 0.194 e. The smallest absolute Gasteiger partial charge is 0.194 e. The van der Waals surface area contributed by atoms with Gasteiger partial charge in [0.2, 0.25) is 0 Å². The summed E-state index contributed by atoms with van der Waals surface area (Å²) in [6.45, 7) is 4.13. The molecule has 0 radical (unpaired) electrons. The van der Waals surface area contributed by atoms with E-state index >= 15 is 0 Å². The van der Waals surface area contributed by atoms with E-state index in [9.17, 15) is 0 Å². The average molecular weight is 219 g/mol. The molecule has 1 aromatic heterocycles. The first-order chi connectivity index (χ1) is 7.84. The molecule has 1 aromatic rings. The molecule has 1 fully saturated rings. The maximum atomic E-state index is 5.73. The van der Waals surface area contributed by atoms with Gasteiger partial charge in [-0.3, -0.25) is 4.99 Å². The summed E-state index contributed by atoms with van der Waals surface area (Å²) in [5.74, 6) is 1.16. The standard InChI is InChI=1S/C11H17N5/c12-11(14-6-9-16-7-3-8-16)15-10-4-1-2-5-13-10/h1-2,4-5H,3,6-9H2,(H3,12,13,14,15). The van der Waals surface area contributed by atoms with Crippen molar-refractivity contribution in [1.82, 2.24) is 9.88 Å². The third-order valence-electron chi connectivity index (χ3n) is 2.57. The minimum atomic E-state index is 0.430. The fourth-order valence-electron chi connectivity index (χ4n) is 1.52. The average Bonchev–Trinajstić information content (AvgIpc) is 2.23. The third kappa shape index (κ3) is 3.20. The predicted octanol–water partition coefficient (Wildman–Crippen LogP) is 0.514. The van der Waals surface area contributed by atoms with Crippen LogP contribution in [0.2, 0.25) is 0 Å².